The van der Waals surface area contributed by atoms with E-state index >= 15 is 0 Å². The van der Waals surface area contributed by atoms with Crippen molar-refractivity contribution < 1.29 is 4.79 Å². The van der Waals surface area contributed by atoms with Gasteiger partial charge >= 0.3 is 0 Å². The number of likely N-dealkylation sites (tertiary alicyclic amines) is 1. The lowest BCUT2D eigenvalue weighted by Crippen LogP contribution is -2.43. The first kappa shape index (κ1) is 11.1. The minimum Gasteiger partial charge on any atom is -0.299 e. The Balaban J connectivity index is 2.04. The Hall–Kier alpha value is -0.370. The van der Waals surface area contributed by atoms with Gasteiger partial charge in [0.1, 0.15) is 5.78 Å². The smallest absolute Gasteiger partial charge is 0.137 e. The number of carbonyl (C=O) groups excluding carboxylic acids is 1. The fourth-order valence-corrected chi connectivity index (χ4v) is 3.30. The van der Waals surface area contributed by atoms with E-state index in [9.17, 15) is 4.79 Å². The number of rotatable bonds is 2. The van der Waals surface area contributed by atoms with Crippen LogP contribution in [0.5, 0.6) is 0 Å². The third-order valence-electron chi connectivity index (χ3n) is 4.07. The molecule has 0 amide bonds. The highest BCUT2D eigenvalue weighted by molar-refractivity contribution is 5.82. The number of hydrogen-bond donors (Lipinski definition) is 0. The molecule has 0 N–H and O–H groups in total. The zero-order valence-corrected chi connectivity index (χ0v) is 10.0. The summed E-state index contributed by atoms with van der Waals surface area (Å²) in [6.45, 7) is 5.71. The fourth-order valence-electron chi connectivity index (χ4n) is 3.30. The van der Waals surface area contributed by atoms with Gasteiger partial charge in [0.05, 0.1) is 0 Å². The average Bonchev–Trinajstić information content (AvgIpc) is 2.67. The first-order valence-corrected chi connectivity index (χ1v) is 6.48. The molecule has 2 aliphatic rings. The second-order valence-corrected chi connectivity index (χ2v) is 5.36. The molecule has 15 heavy (non-hydrogen) atoms. The van der Waals surface area contributed by atoms with E-state index in [1.165, 1.54) is 25.8 Å². The molecule has 1 aliphatic heterocycles. The van der Waals surface area contributed by atoms with Crippen LogP contribution in [0.3, 0.4) is 0 Å². The molecular weight excluding hydrogens is 186 g/mol. The van der Waals surface area contributed by atoms with E-state index < -0.39 is 0 Å². The Morgan fingerprint density at radius 1 is 1.20 bits per heavy atom. The summed E-state index contributed by atoms with van der Waals surface area (Å²) in [5.74, 6) is 0.905. The van der Waals surface area contributed by atoms with Crippen LogP contribution in [0.1, 0.15) is 52.4 Å². The van der Waals surface area contributed by atoms with Crippen LogP contribution in [-0.4, -0.2) is 29.3 Å². The lowest BCUT2D eigenvalue weighted by Gasteiger charge is -2.35. The first-order valence-electron chi connectivity index (χ1n) is 6.48. The van der Waals surface area contributed by atoms with Gasteiger partial charge in [0.15, 0.2) is 0 Å². The highest BCUT2D eigenvalue weighted by atomic mass is 16.1. The van der Waals surface area contributed by atoms with Crippen molar-refractivity contribution in [3.05, 3.63) is 0 Å². The van der Waals surface area contributed by atoms with Crippen molar-refractivity contribution in [3.63, 3.8) is 0 Å². The Morgan fingerprint density at radius 2 is 2.00 bits per heavy atom. The van der Waals surface area contributed by atoms with Crippen LogP contribution >= 0.6 is 0 Å². The third kappa shape index (κ3) is 2.25. The molecule has 0 aromatic carbocycles. The van der Waals surface area contributed by atoms with Crippen LogP contribution in [0, 0.1) is 5.92 Å². The second-order valence-electron chi connectivity index (χ2n) is 5.36. The summed E-state index contributed by atoms with van der Waals surface area (Å²) in [6, 6.07) is 1.17. The highest BCUT2D eigenvalue weighted by Gasteiger charge is 2.37. The summed E-state index contributed by atoms with van der Waals surface area (Å²) < 4.78 is 0. The van der Waals surface area contributed by atoms with E-state index in [0.29, 0.717) is 23.8 Å². The summed E-state index contributed by atoms with van der Waals surface area (Å²) in [5, 5.41) is 0. The molecule has 86 valence electrons. The van der Waals surface area contributed by atoms with Crippen molar-refractivity contribution in [2.24, 2.45) is 5.92 Å². The molecule has 2 unspecified atom stereocenters. The molecule has 0 radical (unpaired) electrons. The molecule has 2 atom stereocenters. The van der Waals surface area contributed by atoms with Gasteiger partial charge in [-0.15, -0.1) is 0 Å². The Morgan fingerprint density at radius 3 is 2.67 bits per heavy atom. The number of hydrogen-bond acceptors (Lipinski definition) is 2. The molecule has 0 spiro atoms. The van der Waals surface area contributed by atoms with E-state index in [1.54, 1.807) is 0 Å². The maximum atomic E-state index is 11.9. The molecule has 2 rings (SSSR count). The highest BCUT2D eigenvalue weighted by Crippen LogP contribution is 2.33. The summed E-state index contributed by atoms with van der Waals surface area (Å²) in [7, 11) is 0. The van der Waals surface area contributed by atoms with Gasteiger partial charge in [0.2, 0.25) is 0 Å². The van der Waals surface area contributed by atoms with Crippen LogP contribution in [-0.2, 0) is 4.79 Å². The van der Waals surface area contributed by atoms with Crippen molar-refractivity contribution in [1.29, 1.82) is 0 Å². The molecular formula is C13H23NO. The maximum absolute atomic E-state index is 11.9. The van der Waals surface area contributed by atoms with Gasteiger partial charge in [-0.2, -0.15) is 0 Å². The van der Waals surface area contributed by atoms with E-state index in [1.807, 2.05) is 0 Å². The first-order chi connectivity index (χ1) is 7.20. The fraction of sp³-hybridized carbons (Fsp3) is 0.923. The zero-order valence-electron chi connectivity index (χ0n) is 10.0. The standard InChI is InChI=1S/C13H23NO/c1-10(2)14-9-5-7-12(14)11-6-3-4-8-13(11)15/h10-12H,3-9H2,1-2H3. The van der Waals surface area contributed by atoms with Crippen molar-refractivity contribution in [2.75, 3.05) is 6.54 Å². The third-order valence-corrected chi connectivity index (χ3v) is 4.07. The molecule has 1 aliphatic carbocycles. The van der Waals surface area contributed by atoms with Crippen LogP contribution in [0.25, 0.3) is 0 Å². The summed E-state index contributed by atoms with van der Waals surface area (Å²) in [6.07, 6.45) is 6.91. The lowest BCUT2D eigenvalue weighted by atomic mass is 9.81. The molecule has 1 saturated carbocycles. The lowest BCUT2D eigenvalue weighted by molar-refractivity contribution is -0.126. The minimum absolute atomic E-state index is 0.364. The Bertz CT molecular complexity index is 237. The summed E-state index contributed by atoms with van der Waals surface area (Å²) in [4.78, 5) is 14.5. The number of Topliss-reactive ketones (excluding diaryl/α,β-unsaturated/α-hetero) is 1. The van der Waals surface area contributed by atoms with Gasteiger partial charge < -0.3 is 0 Å². The topological polar surface area (TPSA) is 20.3 Å². The van der Waals surface area contributed by atoms with Crippen molar-refractivity contribution in [3.8, 4) is 0 Å². The predicted molar refractivity (Wildman–Crippen MR) is 61.8 cm³/mol. The van der Waals surface area contributed by atoms with E-state index in [-0.39, 0.29) is 0 Å². The van der Waals surface area contributed by atoms with Gasteiger partial charge in [-0.25, -0.2) is 0 Å². The summed E-state index contributed by atoms with van der Waals surface area (Å²) in [5.41, 5.74) is 0. The molecule has 2 heteroatoms. The largest absolute Gasteiger partial charge is 0.299 e. The molecule has 2 fully saturated rings. The van der Waals surface area contributed by atoms with E-state index in [0.717, 1.165) is 19.3 Å². The molecule has 2 nitrogen and oxygen atoms in total. The van der Waals surface area contributed by atoms with Crippen LogP contribution in [0.15, 0.2) is 0 Å². The normalized spacial score (nSPS) is 33.9. The van der Waals surface area contributed by atoms with E-state index in [2.05, 4.69) is 18.7 Å². The summed E-state index contributed by atoms with van der Waals surface area (Å²) >= 11 is 0. The number of nitrogens with zero attached hydrogens (tertiary/aromatic N) is 1. The van der Waals surface area contributed by atoms with Gasteiger partial charge in [0, 0.05) is 24.4 Å². The van der Waals surface area contributed by atoms with Crippen LogP contribution in [0.4, 0.5) is 0 Å². The molecule has 0 bridgehead atoms. The molecule has 0 aromatic heterocycles. The predicted octanol–water partition coefficient (Wildman–Crippen LogP) is 2.62. The van der Waals surface area contributed by atoms with Crippen LogP contribution < -0.4 is 0 Å². The van der Waals surface area contributed by atoms with Gasteiger partial charge in [-0.3, -0.25) is 9.69 Å². The number of carbonyl (C=O) groups is 1. The van der Waals surface area contributed by atoms with E-state index in [4.69, 9.17) is 0 Å². The number of ketones is 1. The zero-order chi connectivity index (χ0) is 10.8. The molecule has 0 aromatic rings. The minimum atomic E-state index is 0.364. The Kier molecular flexibility index (Phi) is 3.45. The van der Waals surface area contributed by atoms with Crippen molar-refractivity contribution >= 4 is 5.78 Å². The second kappa shape index (κ2) is 4.65. The monoisotopic (exact) mass is 209 g/mol. The Labute approximate surface area is 93.0 Å². The van der Waals surface area contributed by atoms with Crippen molar-refractivity contribution in [2.45, 2.75) is 64.5 Å². The quantitative estimate of drug-likeness (QED) is 0.697. The van der Waals surface area contributed by atoms with Gasteiger partial charge in [-0.1, -0.05) is 6.42 Å². The SMILES string of the molecule is CC(C)N1CCCC1C1CCCCC1=O. The molecule has 1 heterocycles. The van der Waals surface area contributed by atoms with Crippen LogP contribution in [0.2, 0.25) is 0 Å². The maximum Gasteiger partial charge on any atom is 0.137 e. The molecule has 1 saturated heterocycles. The van der Waals surface area contributed by atoms with Gasteiger partial charge in [0.25, 0.3) is 0 Å². The van der Waals surface area contributed by atoms with Crippen molar-refractivity contribution in [1.82, 2.24) is 4.90 Å². The van der Waals surface area contributed by atoms with Gasteiger partial charge in [-0.05, 0) is 46.1 Å². The average molecular weight is 209 g/mol.